The Morgan fingerprint density at radius 3 is 2.52 bits per heavy atom. The zero-order valence-electron chi connectivity index (χ0n) is 13.3. The van der Waals surface area contributed by atoms with Crippen LogP contribution in [0.15, 0.2) is 42.5 Å². The lowest BCUT2D eigenvalue weighted by atomic mass is 9.90. The molecule has 4 atom stereocenters. The standard InChI is InChI=1S/C18H25NO2/c1-5-21-18(20)17-13(2)11-12-14(3)19(17)15(4)16-9-7-6-8-10-16/h6-15,17H,5H2,1-4H3/t13-,14+,15-,17+/m1/s1. The van der Waals surface area contributed by atoms with Gasteiger partial charge >= 0.3 is 5.97 Å². The smallest absolute Gasteiger partial charge is 0.323 e. The average molecular weight is 287 g/mol. The molecule has 0 unspecified atom stereocenters. The van der Waals surface area contributed by atoms with Crippen LogP contribution in [0, 0.1) is 5.92 Å². The van der Waals surface area contributed by atoms with E-state index < -0.39 is 0 Å². The predicted octanol–water partition coefficient (Wildman–Crippen LogP) is 3.58. The SMILES string of the molecule is CCOC(=O)[C@@H]1[C@H](C)C=C[C@H](C)N1[C@H](C)c1ccccc1. The molecule has 0 aromatic heterocycles. The van der Waals surface area contributed by atoms with E-state index in [-0.39, 0.29) is 30.0 Å². The molecule has 3 heteroatoms. The zero-order valence-corrected chi connectivity index (χ0v) is 13.3. The fourth-order valence-corrected chi connectivity index (χ4v) is 3.13. The third-order valence-corrected chi connectivity index (χ3v) is 4.24. The summed E-state index contributed by atoms with van der Waals surface area (Å²) in [6.07, 6.45) is 4.31. The Labute approximate surface area is 127 Å². The molecule has 1 aliphatic rings. The second-order valence-electron chi connectivity index (χ2n) is 5.72. The number of ether oxygens (including phenoxy) is 1. The molecular weight excluding hydrogens is 262 g/mol. The van der Waals surface area contributed by atoms with Crippen LogP contribution in [0.5, 0.6) is 0 Å². The number of benzene rings is 1. The second kappa shape index (κ2) is 6.90. The molecule has 0 aliphatic carbocycles. The van der Waals surface area contributed by atoms with Gasteiger partial charge in [0, 0.05) is 18.0 Å². The summed E-state index contributed by atoms with van der Waals surface area (Å²) in [5.74, 6) is 0.0374. The van der Waals surface area contributed by atoms with Gasteiger partial charge in [-0.05, 0) is 26.3 Å². The van der Waals surface area contributed by atoms with Gasteiger partial charge in [-0.3, -0.25) is 9.69 Å². The molecule has 0 amide bonds. The van der Waals surface area contributed by atoms with Crippen LogP contribution in [0.25, 0.3) is 0 Å². The number of rotatable bonds is 4. The summed E-state index contributed by atoms with van der Waals surface area (Å²) in [7, 11) is 0. The number of hydrogen-bond acceptors (Lipinski definition) is 3. The largest absolute Gasteiger partial charge is 0.465 e. The third-order valence-electron chi connectivity index (χ3n) is 4.24. The van der Waals surface area contributed by atoms with Crippen LogP contribution in [-0.2, 0) is 9.53 Å². The summed E-state index contributed by atoms with van der Waals surface area (Å²) >= 11 is 0. The molecule has 3 nitrogen and oxygen atoms in total. The van der Waals surface area contributed by atoms with Gasteiger partial charge in [0.15, 0.2) is 0 Å². The first kappa shape index (κ1) is 15.8. The summed E-state index contributed by atoms with van der Waals surface area (Å²) in [4.78, 5) is 14.7. The van der Waals surface area contributed by atoms with Crippen molar-refractivity contribution in [1.82, 2.24) is 4.90 Å². The summed E-state index contributed by atoms with van der Waals surface area (Å²) in [6, 6.07) is 10.5. The van der Waals surface area contributed by atoms with Gasteiger partial charge in [-0.1, -0.05) is 49.4 Å². The molecule has 0 saturated carbocycles. The number of nitrogens with zero attached hydrogens (tertiary/aromatic N) is 1. The fourth-order valence-electron chi connectivity index (χ4n) is 3.13. The maximum Gasteiger partial charge on any atom is 0.323 e. The van der Waals surface area contributed by atoms with Crippen molar-refractivity contribution in [3.8, 4) is 0 Å². The molecule has 0 fully saturated rings. The highest BCUT2D eigenvalue weighted by atomic mass is 16.5. The first-order valence-electron chi connectivity index (χ1n) is 7.73. The van der Waals surface area contributed by atoms with Gasteiger partial charge in [0.1, 0.15) is 6.04 Å². The topological polar surface area (TPSA) is 29.5 Å². The second-order valence-corrected chi connectivity index (χ2v) is 5.72. The zero-order chi connectivity index (χ0) is 15.4. The van der Waals surface area contributed by atoms with Crippen molar-refractivity contribution >= 4 is 5.97 Å². The highest BCUT2D eigenvalue weighted by Crippen LogP contribution is 2.32. The van der Waals surface area contributed by atoms with Crippen molar-refractivity contribution in [1.29, 1.82) is 0 Å². The van der Waals surface area contributed by atoms with Crippen molar-refractivity contribution < 1.29 is 9.53 Å². The Morgan fingerprint density at radius 1 is 1.24 bits per heavy atom. The van der Waals surface area contributed by atoms with E-state index in [9.17, 15) is 4.79 Å². The molecule has 2 rings (SSSR count). The van der Waals surface area contributed by atoms with Gasteiger partial charge in [-0.2, -0.15) is 0 Å². The molecule has 1 aromatic carbocycles. The van der Waals surface area contributed by atoms with Crippen molar-refractivity contribution in [3.05, 3.63) is 48.0 Å². The van der Waals surface area contributed by atoms with Crippen molar-refractivity contribution in [3.63, 3.8) is 0 Å². The van der Waals surface area contributed by atoms with E-state index in [4.69, 9.17) is 4.74 Å². The molecule has 0 radical (unpaired) electrons. The summed E-state index contributed by atoms with van der Waals surface area (Å²) in [6.45, 7) is 8.65. The normalized spacial score (nSPS) is 27.3. The lowest BCUT2D eigenvalue weighted by Gasteiger charge is -2.43. The quantitative estimate of drug-likeness (QED) is 0.626. The Hall–Kier alpha value is -1.61. The summed E-state index contributed by atoms with van der Waals surface area (Å²) < 4.78 is 5.30. The van der Waals surface area contributed by atoms with Crippen LogP contribution in [0.3, 0.4) is 0 Å². The molecule has 1 aromatic rings. The minimum atomic E-state index is -0.222. The Balaban J connectivity index is 2.32. The Morgan fingerprint density at radius 2 is 1.90 bits per heavy atom. The van der Waals surface area contributed by atoms with Crippen LogP contribution in [-0.4, -0.2) is 29.6 Å². The number of esters is 1. The van der Waals surface area contributed by atoms with Crippen LogP contribution >= 0.6 is 0 Å². The molecule has 1 aliphatic heterocycles. The van der Waals surface area contributed by atoms with Crippen molar-refractivity contribution in [2.75, 3.05) is 6.61 Å². The molecule has 114 valence electrons. The molecule has 1 heterocycles. The van der Waals surface area contributed by atoms with Crippen LogP contribution in [0.2, 0.25) is 0 Å². The molecule has 21 heavy (non-hydrogen) atoms. The fraction of sp³-hybridized carbons (Fsp3) is 0.500. The van der Waals surface area contributed by atoms with Gasteiger partial charge in [-0.15, -0.1) is 0 Å². The van der Waals surface area contributed by atoms with Gasteiger partial charge < -0.3 is 4.74 Å². The minimum Gasteiger partial charge on any atom is -0.465 e. The van der Waals surface area contributed by atoms with Gasteiger partial charge in [0.2, 0.25) is 0 Å². The monoisotopic (exact) mass is 287 g/mol. The lowest BCUT2D eigenvalue weighted by molar-refractivity contribution is -0.153. The molecule has 0 saturated heterocycles. The van der Waals surface area contributed by atoms with E-state index in [1.807, 2.05) is 25.1 Å². The highest BCUT2D eigenvalue weighted by molar-refractivity contribution is 5.77. The van der Waals surface area contributed by atoms with Crippen LogP contribution in [0.1, 0.15) is 39.3 Å². The first-order chi connectivity index (χ1) is 10.1. The molecule has 0 spiro atoms. The molecule has 0 bridgehead atoms. The van der Waals surface area contributed by atoms with E-state index in [2.05, 4.69) is 50.0 Å². The molecule has 0 N–H and O–H groups in total. The number of hydrogen-bond donors (Lipinski definition) is 0. The Kier molecular flexibility index (Phi) is 5.18. The van der Waals surface area contributed by atoms with Gasteiger partial charge in [0.25, 0.3) is 0 Å². The van der Waals surface area contributed by atoms with Crippen molar-refractivity contribution in [2.24, 2.45) is 5.92 Å². The lowest BCUT2D eigenvalue weighted by Crippen LogP contribution is -2.52. The van der Waals surface area contributed by atoms with E-state index in [1.165, 1.54) is 5.56 Å². The van der Waals surface area contributed by atoms with Crippen LogP contribution < -0.4 is 0 Å². The van der Waals surface area contributed by atoms with E-state index >= 15 is 0 Å². The number of carbonyl (C=O) groups excluding carboxylic acids is 1. The van der Waals surface area contributed by atoms with Crippen molar-refractivity contribution in [2.45, 2.75) is 45.8 Å². The van der Waals surface area contributed by atoms with E-state index in [0.717, 1.165) is 0 Å². The highest BCUT2D eigenvalue weighted by Gasteiger charge is 2.39. The third kappa shape index (κ3) is 3.35. The summed E-state index contributed by atoms with van der Waals surface area (Å²) in [5, 5.41) is 0. The maximum absolute atomic E-state index is 12.4. The Bertz CT molecular complexity index is 497. The van der Waals surface area contributed by atoms with Gasteiger partial charge in [0.05, 0.1) is 6.61 Å². The number of carbonyl (C=O) groups is 1. The van der Waals surface area contributed by atoms with E-state index in [0.29, 0.717) is 6.61 Å². The average Bonchev–Trinajstić information content (AvgIpc) is 2.49. The van der Waals surface area contributed by atoms with Crippen LogP contribution in [0.4, 0.5) is 0 Å². The summed E-state index contributed by atoms with van der Waals surface area (Å²) in [5.41, 5.74) is 1.22. The minimum absolute atomic E-state index is 0.121. The maximum atomic E-state index is 12.4. The molecular formula is C18H25NO2. The van der Waals surface area contributed by atoms with Gasteiger partial charge in [-0.25, -0.2) is 0 Å². The predicted molar refractivity (Wildman–Crippen MR) is 84.9 cm³/mol. The first-order valence-corrected chi connectivity index (χ1v) is 7.73. The van der Waals surface area contributed by atoms with E-state index in [1.54, 1.807) is 0 Å².